The molecule has 0 fully saturated rings. The van der Waals surface area contributed by atoms with Crippen molar-refractivity contribution in [2.24, 2.45) is 0 Å². The molecule has 1 amide bonds. The lowest BCUT2D eigenvalue weighted by Gasteiger charge is -2.29. The normalized spacial score (nSPS) is 17.4. The SMILES string of the molecule is O=C(NCc1nc2ccccc2[nH]1)C1=C[C@@H](c2ccc(Br)cc2)C[C@@H](OCc2ccc(CO)cc2)O1. The molecule has 0 saturated heterocycles. The van der Waals surface area contributed by atoms with E-state index in [0.29, 0.717) is 18.9 Å². The van der Waals surface area contributed by atoms with Gasteiger partial charge in [-0.2, -0.15) is 0 Å². The lowest BCUT2D eigenvalue weighted by molar-refractivity contribution is -0.150. The quantitative estimate of drug-likeness (QED) is 0.286. The van der Waals surface area contributed by atoms with Gasteiger partial charge in [-0.05, 0) is 47.0 Å². The minimum atomic E-state index is -0.590. The number of fused-ring (bicyclic) bond motifs is 1. The van der Waals surface area contributed by atoms with E-state index in [1.54, 1.807) is 0 Å². The molecule has 0 saturated carbocycles. The Labute approximate surface area is 217 Å². The molecular formula is C28H26BrN3O4. The minimum Gasteiger partial charge on any atom is -0.459 e. The summed E-state index contributed by atoms with van der Waals surface area (Å²) < 4.78 is 13.0. The number of rotatable bonds is 8. The number of nitrogens with one attached hydrogen (secondary N) is 2. The first-order valence-electron chi connectivity index (χ1n) is 11.7. The van der Waals surface area contributed by atoms with Crippen LogP contribution in [0, 0.1) is 0 Å². The molecule has 2 heterocycles. The highest BCUT2D eigenvalue weighted by molar-refractivity contribution is 9.10. The van der Waals surface area contributed by atoms with Gasteiger partial charge in [-0.1, -0.05) is 64.5 Å². The van der Waals surface area contributed by atoms with Gasteiger partial charge in [0.2, 0.25) is 6.29 Å². The number of imidazole rings is 1. The van der Waals surface area contributed by atoms with Crippen molar-refractivity contribution in [1.29, 1.82) is 0 Å². The molecule has 8 heteroatoms. The van der Waals surface area contributed by atoms with Gasteiger partial charge in [0.1, 0.15) is 5.82 Å². The third-order valence-electron chi connectivity index (χ3n) is 6.08. The molecular weight excluding hydrogens is 522 g/mol. The molecule has 0 bridgehead atoms. The van der Waals surface area contributed by atoms with Gasteiger partial charge in [0.15, 0.2) is 5.76 Å². The number of ether oxygens (including phenoxy) is 2. The second kappa shape index (κ2) is 11.1. The summed E-state index contributed by atoms with van der Waals surface area (Å²) in [5.74, 6) is 0.536. The third-order valence-corrected chi connectivity index (χ3v) is 6.60. The molecule has 0 spiro atoms. The number of allylic oxidation sites excluding steroid dienone is 1. The summed E-state index contributed by atoms with van der Waals surface area (Å²) in [6, 6.07) is 23.3. The summed E-state index contributed by atoms with van der Waals surface area (Å²) in [4.78, 5) is 20.8. The molecule has 36 heavy (non-hydrogen) atoms. The first-order chi connectivity index (χ1) is 17.6. The molecule has 3 N–H and O–H groups in total. The van der Waals surface area contributed by atoms with E-state index < -0.39 is 6.29 Å². The topological polar surface area (TPSA) is 96.5 Å². The number of aromatic nitrogens is 2. The van der Waals surface area contributed by atoms with Gasteiger partial charge in [-0.25, -0.2) is 4.98 Å². The zero-order valence-corrected chi connectivity index (χ0v) is 21.1. The van der Waals surface area contributed by atoms with Gasteiger partial charge in [-0.3, -0.25) is 4.79 Å². The van der Waals surface area contributed by atoms with E-state index in [0.717, 1.165) is 32.2 Å². The standard InChI is InChI=1S/C28H26BrN3O4/c29-22-11-9-20(10-12-22)21-13-25(28(34)30-15-26-31-23-3-1-2-4-24(23)32-26)36-27(14-21)35-17-19-7-5-18(16-33)6-8-19/h1-13,21,27,33H,14-17H2,(H,30,34)(H,31,32)/t21-,27+/m1/s1. The lowest BCUT2D eigenvalue weighted by atomic mass is 9.93. The minimum absolute atomic E-state index is 0.000952. The highest BCUT2D eigenvalue weighted by Crippen LogP contribution is 2.32. The smallest absolute Gasteiger partial charge is 0.286 e. The molecule has 1 aliphatic rings. The first kappa shape index (κ1) is 24.2. The summed E-state index contributed by atoms with van der Waals surface area (Å²) in [5.41, 5.74) is 4.65. The Bertz CT molecular complexity index is 1330. The van der Waals surface area contributed by atoms with E-state index in [1.165, 1.54) is 0 Å². The predicted molar refractivity (Wildman–Crippen MR) is 140 cm³/mol. The van der Waals surface area contributed by atoms with Gasteiger partial charge in [0, 0.05) is 16.8 Å². The van der Waals surface area contributed by atoms with Crippen LogP contribution < -0.4 is 5.32 Å². The summed E-state index contributed by atoms with van der Waals surface area (Å²) in [6.07, 6.45) is 1.84. The summed E-state index contributed by atoms with van der Waals surface area (Å²) in [6.45, 7) is 0.580. The fourth-order valence-electron chi connectivity index (χ4n) is 4.13. The molecule has 0 aliphatic carbocycles. The Morgan fingerprint density at radius 2 is 1.83 bits per heavy atom. The van der Waals surface area contributed by atoms with Crippen molar-refractivity contribution in [2.75, 3.05) is 0 Å². The molecule has 184 valence electrons. The van der Waals surface area contributed by atoms with Crippen LogP contribution >= 0.6 is 15.9 Å². The average molecular weight is 548 g/mol. The van der Waals surface area contributed by atoms with Crippen LogP contribution in [0.1, 0.15) is 34.9 Å². The molecule has 1 aromatic heterocycles. The molecule has 4 aromatic rings. The second-order valence-electron chi connectivity index (χ2n) is 8.64. The highest BCUT2D eigenvalue weighted by atomic mass is 79.9. The van der Waals surface area contributed by atoms with E-state index >= 15 is 0 Å². The fraction of sp³-hybridized carbons (Fsp3) is 0.214. The van der Waals surface area contributed by atoms with E-state index in [-0.39, 0.29) is 30.7 Å². The highest BCUT2D eigenvalue weighted by Gasteiger charge is 2.29. The summed E-state index contributed by atoms with van der Waals surface area (Å²) >= 11 is 3.48. The Kier molecular flexibility index (Phi) is 7.46. The Morgan fingerprint density at radius 1 is 1.08 bits per heavy atom. The first-order valence-corrected chi connectivity index (χ1v) is 12.5. The van der Waals surface area contributed by atoms with Crippen LogP contribution in [0.25, 0.3) is 11.0 Å². The van der Waals surface area contributed by atoms with Gasteiger partial charge in [0.05, 0.1) is 30.8 Å². The van der Waals surface area contributed by atoms with Crippen LogP contribution in [-0.4, -0.2) is 27.3 Å². The maximum atomic E-state index is 13.1. The Hall–Kier alpha value is -3.46. The monoisotopic (exact) mass is 547 g/mol. The molecule has 2 atom stereocenters. The number of amides is 1. The predicted octanol–water partition coefficient (Wildman–Crippen LogP) is 5.06. The number of H-pyrrole nitrogens is 1. The third kappa shape index (κ3) is 5.84. The zero-order chi connectivity index (χ0) is 24.9. The molecule has 0 unspecified atom stereocenters. The van der Waals surface area contributed by atoms with Crippen LogP contribution in [0.15, 0.2) is 89.1 Å². The van der Waals surface area contributed by atoms with Crippen molar-refractivity contribution in [2.45, 2.75) is 38.4 Å². The van der Waals surface area contributed by atoms with Crippen molar-refractivity contribution < 1.29 is 19.4 Å². The summed E-state index contributed by atoms with van der Waals surface area (Å²) in [5, 5.41) is 12.2. The van der Waals surface area contributed by atoms with Crippen LogP contribution in [0.4, 0.5) is 0 Å². The maximum Gasteiger partial charge on any atom is 0.286 e. The molecule has 5 rings (SSSR count). The number of carbonyl (C=O) groups excluding carboxylic acids is 1. The van der Waals surface area contributed by atoms with Crippen LogP contribution in [-0.2, 0) is 34.0 Å². The van der Waals surface area contributed by atoms with Crippen molar-refractivity contribution in [3.63, 3.8) is 0 Å². The Balaban J connectivity index is 1.29. The number of aromatic amines is 1. The van der Waals surface area contributed by atoms with Crippen molar-refractivity contribution in [1.82, 2.24) is 15.3 Å². The molecule has 3 aromatic carbocycles. The van der Waals surface area contributed by atoms with Gasteiger partial charge in [0.25, 0.3) is 5.91 Å². The number of halogens is 1. The lowest BCUT2D eigenvalue weighted by Crippen LogP contribution is -2.32. The molecule has 7 nitrogen and oxygen atoms in total. The van der Waals surface area contributed by atoms with Crippen molar-refractivity contribution in [3.8, 4) is 0 Å². The van der Waals surface area contributed by atoms with E-state index in [4.69, 9.17) is 9.47 Å². The number of aliphatic hydroxyl groups is 1. The number of hydrogen-bond acceptors (Lipinski definition) is 5. The number of carbonyl (C=O) groups is 1. The number of benzene rings is 3. The second-order valence-corrected chi connectivity index (χ2v) is 9.56. The fourth-order valence-corrected chi connectivity index (χ4v) is 4.40. The van der Waals surface area contributed by atoms with Crippen molar-refractivity contribution in [3.05, 3.63) is 112 Å². The average Bonchev–Trinajstić information content (AvgIpc) is 3.34. The van der Waals surface area contributed by atoms with E-state index in [1.807, 2.05) is 78.9 Å². The zero-order valence-electron chi connectivity index (χ0n) is 19.5. The van der Waals surface area contributed by atoms with Gasteiger partial charge < -0.3 is 24.9 Å². The van der Waals surface area contributed by atoms with Crippen LogP contribution in [0.3, 0.4) is 0 Å². The largest absolute Gasteiger partial charge is 0.459 e. The number of hydrogen-bond donors (Lipinski definition) is 3. The van der Waals surface area contributed by atoms with E-state index in [9.17, 15) is 9.90 Å². The molecule has 1 aliphatic heterocycles. The molecule has 0 radical (unpaired) electrons. The maximum absolute atomic E-state index is 13.1. The number of aliphatic hydroxyl groups excluding tert-OH is 1. The van der Waals surface area contributed by atoms with Crippen LogP contribution in [0.5, 0.6) is 0 Å². The van der Waals surface area contributed by atoms with E-state index in [2.05, 4.69) is 31.2 Å². The number of para-hydroxylation sites is 2. The summed E-state index contributed by atoms with van der Waals surface area (Å²) in [7, 11) is 0. The Morgan fingerprint density at radius 3 is 2.58 bits per heavy atom. The van der Waals surface area contributed by atoms with Gasteiger partial charge >= 0.3 is 0 Å². The number of nitrogens with zero attached hydrogens (tertiary/aromatic N) is 1. The van der Waals surface area contributed by atoms with Gasteiger partial charge in [-0.15, -0.1) is 0 Å². The van der Waals surface area contributed by atoms with Crippen LogP contribution in [0.2, 0.25) is 0 Å². The van der Waals surface area contributed by atoms with Crippen molar-refractivity contribution >= 4 is 32.9 Å².